The Morgan fingerprint density at radius 3 is 2.52 bits per heavy atom. The largest absolute Gasteiger partial charge is 0.380 e. The first-order chi connectivity index (χ1) is 9.79. The maximum absolute atomic E-state index is 12.4. The number of halogens is 1. The van der Waals surface area contributed by atoms with E-state index >= 15 is 0 Å². The van der Waals surface area contributed by atoms with Crippen LogP contribution in [0.3, 0.4) is 0 Å². The molecule has 1 rings (SSSR count). The van der Waals surface area contributed by atoms with Crippen LogP contribution in [0.4, 0.5) is 0 Å². The number of primary sulfonamides is 1. The van der Waals surface area contributed by atoms with Gasteiger partial charge in [0, 0.05) is 29.7 Å². The van der Waals surface area contributed by atoms with Crippen LogP contribution in [0.25, 0.3) is 0 Å². The van der Waals surface area contributed by atoms with Gasteiger partial charge < -0.3 is 9.64 Å². The number of sulfonamides is 1. The molecule has 1 amide bonds. The van der Waals surface area contributed by atoms with E-state index in [-0.39, 0.29) is 16.4 Å². The third-order valence-electron chi connectivity index (χ3n) is 2.83. The van der Waals surface area contributed by atoms with Gasteiger partial charge in [0.2, 0.25) is 10.0 Å². The first kappa shape index (κ1) is 18.1. The fourth-order valence-electron chi connectivity index (χ4n) is 1.76. The number of nitrogens with two attached hydrogens (primary N) is 1. The normalized spacial score (nSPS) is 11.4. The summed E-state index contributed by atoms with van der Waals surface area (Å²) in [6.07, 6.45) is 0. The predicted molar refractivity (Wildman–Crippen MR) is 83.6 cm³/mol. The van der Waals surface area contributed by atoms with Crippen molar-refractivity contribution in [3.8, 4) is 0 Å². The van der Waals surface area contributed by atoms with Crippen molar-refractivity contribution in [3.63, 3.8) is 0 Å². The predicted octanol–water partition coefficient (Wildman–Crippen LogP) is 1.60. The minimum absolute atomic E-state index is 0.0962. The highest BCUT2D eigenvalue weighted by Crippen LogP contribution is 2.20. The van der Waals surface area contributed by atoms with Gasteiger partial charge in [-0.15, -0.1) is 0 Å². The van der Waals surface area contributed by atoms with Crippen LogP contribution >= 0.6 is 15.9 Å². The molecule has 0 aromatic heterocycles. The van der Waals surface area contributed by atoms with Gasteiger partial charge in [-0.3, -0.25) is 4.79 Å². The van der Waals surface area contributed by atoms with Gasteiger partial charge in [0.1, 0.15) is 0 Å². The number of nitrogens with zero attached hydrogens (tertiary/aromatic N) is 1. The number of rotatable bonds is 7. The summed E-state index contributed by atoms with van der Waals surface area (Å²) in [5, 5.41) is 5.11. The third kappa shape index (κ3) is 5.39. The van der Waals surface area contributed by atoms with Gasteiger partial charge in [-0.2, -0.15) is 0 Å². The van der Waals surface area contributed by atoms with Crippen LogP contribution in [-0.2, 0) is 14.8 Å². The average molecular weight is 379 g/mol. The first-order valence-corrected chi connectivity index (χ1v) is 8.84. The molecule has 1 aromatic rings. The molecule has 0 spiro atoms. The van der Waals surface area contributed by atoms with Gasteiger partial charge in [-0.1, -0.05) is 15.9 Å². The number of carbonyl (C=O) groups excluding carboxylic acids is 1. The molecule has 0 saturated carbocycles. The van der Waals surface area contributed by atoms with Crippen molar-refractivity contribution in [2.45, 2.75) is 18.7 Å². The fourth-order valence-corrected chi connectivity index (χ4v) is 2.98. The van der Waals surface area contributed by atoms with Crippen molar-refractivity contribution in [3.05, 3.63) is 28.2 Å². The molecule has 0 radical (unpaired) electrons. The fraction of sp³-hybridized carbons (Fsp3) is 0.462. The van der Waals surface area contributed by atoms with E-state index in [1.807, 2.05) is 13.8 Å². The molecule has 0 atom stereocenters. The number of carbonyl (C=O) groups is 1. The van der Waals surface area contributed by atoms with Gasteiger partial charge in [0.05, 0.1) is 11.5 Å². The van der Waals surface area contributed by atoms with Gasteiger partial charge in [0.25, 0.3) is 5.91 Å². The number of hydrogen-bond acceptors (Lipinski definition) is 4. The van der Waals surface area contributed by atoms with Crippen molar-refractivity contribution in [1.29, 1.82) is 0 Å². The van der Waals surface area contributed by atoms with Gasteiger partial charge in [-0.05, 0) is 32.0 Å². The number of amides is 1. The standard InChI is InChI=1S/C13H19BrN2O4S/c1-3-16(5-6-20-4-2)13(17)10-7-11(14)9-12(8-10)21(15,18)19/h7-9H,3-6H2,1-2H3,(H2,15,18,19). The van der Waals surface area contributed by atoms with E-state index in [0.29, 0.717) is 30.8 Å². The molecular weight excluding hydrogens is 360 g/mol. The molecule has 0 unspecified atom stereocenters. The summed E-state index contributed by atoms with van der Waals surface area (Å²) in [6, 6.07) is 4.22. The van der Waals surface area contributed by atoms with Crippen molar-refractivity contribution in [2.24, 2.45) is 5.14 Å². The highest BCUT2D eigenvalue weighted by Gasteiger charge is 2.18. The zero-order chi connectivity index (χ0) is 16.0. The van der Waals surface area contributed by atoms with E-state index in [0.717, 1.165) is 0 Å². The molecule has 2 N–H and O–H groups in total. The van der Waals surface area contributed by atoms with Gasteiger partial charge in [-0.25, -0.2) is 13.6 Å². The summed E-state index contributed by atoms with van der Waals surface area (Å²) < 4.78 is 28.6. The molecule has 0 aliphatic carbocycles. The molecule has 1 aromatic carbocycles. The van der Waals surface area contributed by atoms with Gasteiger partial charge >= 0.3 is 0 Å². The second-order valence-corrected chi connectivity index (χ2v) is 6.78. The summed E-state index contributed by atoms with van der Waals surface area (Å²) in [7, 11) is -3.86. The second-order valence-electron chi connectivity index (χ2n) is 4.30. The molecular formula is C13H19BrN2O4S. The average Bonchev–Trinajstić information content (AvgIpc) is 2.41. The summed E-state index contributed by atoms with van der Waals surface area (Å²) in [5.41, 5.74) is 0.270. The van der Waals surface area contributed by atoms with Crippen molar-refractivity contribution < 1.29 is 17.9 Å². The topological polar surface area (TPSA) is 89.7 Å². The molecule has 8 heteroatoms. The van der Waals surface area contributed by atoms with E-state index in [1.54, 1.807) is 11.0 Å². The lowest BCUT2D eigenvalue weighted by Gasteiger charge is -2.21. The summed E-state index contributed by atoms with van der Waals surface area (Å²) in [6.45, 7) is 5.70. The summed E-state index contributed by atoms with van der Waals surface area (Å²) >= 11 is 3.19. The molecule has 0 bridgehead atoms. The lowest BCUT2D eigenvalue weighted by Crippen LogP contribution is -2.34. The zero-order valence-corrected chi connectivity index (χ0v) is 14.4. The van der Waals surface area contributed by atoms with Crippen LogP contribution in [0.5, 0.6) is 0 Å². The Morgan fingerprint density at radius 1 is 1.33 bits per heavy atom. The number of hydrogen-bond donors (Lipinski definition) is 1. The Balaban J connectivity index is 3.03. The van der Waals surface area contributed by atoms with Crippen LogP contribution in [0.1, 0.15) is 24.2 Å². The van der Waals surface area contributed by atoms with Crippen LogP contribution in [0, 0.1) is 0 Å². The van der Waals surface area contributed by atoms with Crippen molar-refractivity contribution in [1.82, 2.24) is 4.90 Å². The van der Waals surface area contributed by atoms with Crippen molar-refractivity contribution in [2.75, 3.05) is 26.3 Å². The minimum atomic E-state index is -3.86. The molecule has 118 valence electrons. The summed E-state index contributed by atoms with van der Waals surface area (Å²) in [4.78, 5) is 13.9. The molecule has 0 fully saturated rings. The highest BCUT2D eigenvalue weighted by molar-refractivity contribution is 9.10. The summed E-state index contributed by atoms with van der Waals surface area (Å²) in [5.74, 6) is -0.261. The quantitative estimate of drug-likeness (QED) is 0.729. The Kier molecular flexibility index (Phi) is 6.79. The van der Waals surface area contributed by atoms with E-state index in [9.17, 15) is 13.2 Å². The second kappa shape index (κ2) is 7.88. The van der Waals surface area contributed by atoms with Crippen LogP contribution in [0.15, 0.2) is 27.6 Å². The third-order valence-corrected chi connectivity index (χ3v) is 4.18. The van der Waals surface area contributed by atoms with E-state index in [4.69, 9.17) is 9.88 Å². The molecule has 0 heterocycles. The van der Waals surface area contributed by atoms with Crippen LogP contribution < -0.4 is 5.14 Å². The van der Waals surface area contributed by atoms with Crippen LogP contribution in [0.2, 0.25) is 0 Å². The number of ether oxygens (including phenoxy) is 1. The van der Waals surface area contributed by atoms with Gasteiger partial charge in [0.15, 0.2) is 0 Å². The number of likely N-dealkylation sites (N-methyl/N-ethyl adjacent to an activating group) is 1. The van der Waals surface area contributed by atoms with Crippen molar-refractivity contribution >= 4 is 31.9 Å². The zero-order valence-electron chi connectivity index (χ0n) is 12.0. The smallest absolute Gasteiger partial charge is 0.254 e. The van der Waals surface area contributed by atoms with Crippen LogP contribution in [-0.4, -0.2) is 45.5 Å². The Hall–Kier alpha value is -0.960. The van der Waals surface area contributed by atoms with E-state index in [2.05, 4.69) is 15.9 Å². The first-order valence-electron chi connectivity index (χ1n) is 6.50. The van der Waals surface area contributed by atoms with E-state index in [1.165, 1.54) is 12.1 Å². The molecule has 6 nitrogen and oxygen atoms in total. The molecule has 0 aliphatic rings. The number of benzene rings is 1. The molecule has 0 aliphatic heterocycles. The Labute approximate surface area is 133 Å². The monoisotopic (exact) mass is 378 g/mol. The lowest BCUT2D eigenvalue weighted by atomic mass is 10.2. The highest BCUT2D eigenvalue weighted by atomic mass is 79.9. The maximum atomic E-state index is 12.4. The Bertz CT molecular complexity index is 604. The maximum Gasteiger partial charge on any atom is 0.254 e. The lowest BCUT2D eigenvalue weighted by molar-refractivity contribution is 0.0669. The van der Waals surface area contributed by atoms with E-state index < -0.39 is 10.0 Å². The SMILES string of the molecule is CCOCCN(CC)C(=O)c1cc(Br)cc(S(N)(=O)=O)c1. The minimum Gasteiger partial charge on any atom is -0.380 e. The Morgan fingerprint density at radius 2 is 2.00 bits per heavy atom. The molecule has 21 heavy (non-hydrogen) atoms. The molecule has 0 saturated heterocycles.